The predicted molar refractivity (Wildman–Crippen MR) is 75.3 cm³/mol. The van der Waals surface area contributed by atoms with E-state index in [2.05, 4.69) is 22.8 Å². The van der Waals surface area contributed by atoms with Gasteiger partial charge in [0.2, 0.25) is 0 Å². The molecular formula is C14H20N2O2S. The maximum atomic E-state index is 12.3. The summed E-state index contributed by atoms with van der Waals surface area (Å²) in [5.41, 5.74) is 0. The van der Waals surface area contributed by atoms with Gasteiger partial charge >= 0.3 is 6.03 Å². The Labute approximate surface area is 117 Å². The van der Waals surface area contributed by atoms with Gasteiger partial charge in [-0.2, -0.15) is 0 Å². The van der Waals surface area contributed by atoms with Crippen molar-refractivity contribution < 1.29 is 9.53 Å². The highest BCUT2D eigenvalue weighted by molar-refractivity contribution is 7.10. The normalized spacial score (nSPS) is 26.8. The number of nitrogens with zero attached hydrogens (tertiary/aromatic N) is 1. The second-order valence-corrected chi connectivity index (χ2v) is 6.26. The van der Waals surface area contributed by atoms with Gasteiger partial charge in [0.25, 0.3) is 0 Å². The van der Waals surface area contributed by atoms with Crippen molar-refractivity contribution in [1.82, 2.24) is 10.2 Å². The molecule has 2 aliphatic rings. The fourth-order valence-electron chi connectivity index (χ4n) is 2.86. The molecule has 3 rings (SSSR count). The molecule has 0 radical (unpaired) electrons. The highest BCUT2D eigenvalue weighted by atomic mass is 32.1. The van der Waals surface area contributed by atoms with E-state index in [4.69, 9.17) is 4.74 Å². The lowest BCUT2D eigenvalue weighted by Crippen LogP contribution is -2.41. The van der Waals surface area contributed by atoms with E-state index in [-0.39, 0.29) is 12.1 Å². The number of carbonyl (C=O) groups is 1. The first-order valence-electron chi connectivity index (χ1n) is 7.00. The third-order valence-corrected chi connectivity index (χ3v) is 4.92. The van der Waals surface area contributed by atoms with Crippen molar-refractivity contribution in [3.05, 3.63) is 22.4 Å². The molecule has 5 heteroatoms. The van der Waals surface area contributed by atoms with Crippen LogP contribution >= 0.6 is 11.3 Å². The average molecular weight is 280 g/mol. The van der Waals surface area contributed by atoms with E-state index in [1.54, 1.807) is 11.3 Å². The Morgan fingerprint density at radius 1 is 1.53 bits per heavy atom. The maximum absolute atomic E-state index is 12.3. The number of hydrogen-bond donors (Lipinski definition) is 1. The standard InChI is InChI=1S/C14H20N2O2S/c17-14(15-9-11-5-7-18-10-11)16-6-1-3-12(16)13-4-2-8-19-13/h2,4,8,11-12H,1,3,5-7,9-10H2,(H,15,17)/t11-,12+/m0/s1. The highest BCUT2D eigenvalue weighted by Crippen LogP contribution is 2.34. The first kappa shape index (κ1) is 12.9. The average Bonchev–Trinajstić information content (AvgIpc) is 3.14. The van der Waals surface area contributed by atoms with E-state index in [0.29, 0.717) is 5.92 Å². The molecule has 2 atom stereocenters. The number of thiophene rings is 1. The van der Waals surface area contributed by atoms with Crippen LogP contribution in [0.3, 0.4) is 0 Å². The summed E-state index contributed by atoms with van der Waals surface area (Å²) in [6.07, 6.45) is 3.25. The van der Waals surface area contributed by atoms with Gasteiger partial charge in [-0.05, 0) is 30.7 Å². The van der Waals surface area contributed by atoms with E-state index in [1.165, 1.54) is 4.88 Å². The number of ether oxygens (including phenoxy) is 1. The number of hydrogen-bond acceptors (Lipinski definition) is 3. The van der Waals surface area contributed by atoms with Crippen LogP contribution in [0, 0.1) is 5.92 Å². The minimum atomic E-state index is 0.0859. The topological polar surface area (TPSA) is 41.6 Å². The molecule has 2 aliphatic heterocycles. The van der Waals surface area contributed by atoms with Crippen molar-refractivity contribution in [2.24, 2.45) is 5.92 Å². The Bertz CT molecular complexity index is 415. The molecular weight excluding hydrogens is 260 g/mol. The molecule has 4 nitrogen and oxygen atoms in total. The van der Waals surface area contributed by atoms with Crippen LogP contribution in [0.2, 0.25) is 0 Å². The molecule has 1 aromatic heterocycles. The van der Waals surface area contributed by atoms with Crippen molar-refractivity contribution in [1.29, 1.82) is 0 Å². The van der Waals surface area contributed by atoms with Crippen molar-refractivity contribution in [2.75, 3.05) is 26.3 Å². The van der Waals surface area contributed by atoms with E-state index in [0.717, 1.165) is 45.6 Å². The number of carbonyl (C=O) groups excluding carboxylic acids is 1. The summed E-state index contributed by atoms with van der Waals surface area (Å²) in [7, 11) is 0. The van der Waals surface area contributed by atoms with Crippen molar-refractivity contribution in [2.45, 2.75) is 25.3 Å². The monoisotopic (exact) mass is 280 g/mol. The quantitative estimate of drug-likeness (QED) is 0.924. The van der Waals surface area contributed by atoms with Crippen LogP contribution < -0.4 is 5.32 Å². The van der Waals surface area contributed by atoms with Crippen LogP contribution in [0.5, 0.6) is 0 Å². The molecule has 104 valence electrons. The summed E-state index contributed by atoms with van der Waals surface area (Å²) >= 11 is 1.74. The number of amides is 2. The maximum Gasteiger partial charge on any atom is 0.317 e. The SMILES string of the molecule is O=C(NC[C@@H]1CCOC1)N1CCC[C@@H]1c1cccs1. The van der Waals surface area contributed by atoms with Gasteiger partial charge in [0.15, 0.2) is 0 Å². The van der Waals surface area contributed by atoms with Crippen LogP contribution in [0.25, 0.3) is 0 Å². The largest absolute Gasteiger partial charge is 0.381 e. The molecule has 19 heavy (non-hydrogen) atoms. The Morgan fingerprint density at radius 2 is 2.47 bits per heavy atom. The molecule has 0 unspecified atom stereocenters. The fourth-order valence-corrected chi connectivity index (χ4v) is 3.74. The molecule has 3 heterocycles. The molecule has 0 saturated carbocycles. The van der Waals surface area contributed by atoms with Gasteiger partial charge in [-0.25, -0.2) is 4.79 Å². The van der Waals surface area contributed by atoms with Gasteiger partial charge in [-0.1, -0.05) is 6.07 Å². The molecule has 0 aromatic carbocycles. The first-order chi connectivity index (χ1) is 9.34. The number of rotatable bonds is 3. The molecule has 1 N–H and O–H groups in total. The molecule has 0 aliphatic carbocycles. The number of likely N-dealkylation sites (tertiary alicyclic amines) is 1. The van der Waals surface area contributed by atoms with Gasteiger partial charge < -0.3 is 15.0 Å². The van der Waals surface area contributed by atoms with Crippen LogP contribution in [0.1, 0.15) is 30.2 Å². The van der Waals surface area contributed by atoms with Crippen molar-refractivity contribution >= 4 is 17.4 Å². The summed E-state index contributed by atoms with van der Waals surface area (Å²) in [6, 6.07) is 4.55. The summed E-state index contributed by atoms with van der Waals surface area (Å²) in [5, 5.41) is 5.15. The van der Waals surface area contributed by atoms with Crippen LogP contribution in [0.15, 0.2) is 17.5 Å². The molecule has 1 aromatic rings. The van der Waals surface area contributed by atoms with E-state index in [1.807, 2.05) is 4.90 Å². The zero-order valence-corrected chi connectivity index (χ0v) is 11.8. The van der Waals surface area contributed by atoms with E-state index in [9.17, 15) is 4.79 Å². The van der Waals surface area contributed by atoms with Crippen molar-refractivity contribution in [3.8, 4) is 0 Å². The lowest BCUT2D eigenvalue weighted by molar-refractivity contribution is 0.179. The second-order valence-electron chi connectivity index (χ2n) is 5.28. The Kier molecular flexibility index (Phi) is 4.03. The summed E-state index contributed by atoms with van der Waals surface area (Å²) in [4.78, 5) is 15.6. The lowest BCUT2D eigenvalue weighted by atomic mass is 10.1. The smallest absolute Gasteiger partial charge is 0.317 e. The molecule has 2 saturated heterocycles. The Hall–Kier alpha value is -1.07. The van der Waals surface area contributed by atoms with Crippen LogP contribution in [0.4, 0.5) is 4.79 Å². The van der Waals surface area contributed by atoms with E-state index >= 15 is 0 Å². The Balaban J connectivity index is 1.56. The zero-order valence-electron chi connectivity index (χ0n) is 11.0. The summed E-state index contributed by atoms with van der Waals surface area (Å²) in [6.45, 7) is 3.23. The lowest BCUT2D eigenvalue weighted by Gasteiger charge is -2.24. The van der Waals surface area contributed by atoms with Gasteiger partial charge in [0.1, 0.15) is 0 Å². The third-order valence-electron chi connectivity index (χ3n) is 3.95. The molecule has 2 fully saturated rings. The summed E-state index contributed by atoms with van der Waals surface area (Å²) in [5.74, 6) is 0.492. The number of nitrogens with one attached hydrogen (secondary N) is 1. The fraction of sp³-hybridized carbons (Fsp3) is 0.643. The highest BCUT2D eigenvalue weighted by Gasteiger charge is 2.30. The van der Waals surface area contributed by atoms with Crippen LogP contribution in [-0.2, 0) is 4.74 Å². The molecule has 0 spiro atoms. The Morgan fingerprint density at radius 3 is 3.21 bits per heavy atom. The van der Waals surface area contributed by atoms with Gasteiger partial charge in [0, 0.05) is 30.5 Å². The number of urea groups is 1. The van der Waals surface area contributed by atoms with Gasteiger partial charge in [-0.15, -0.1) is 11.3 Å². The minimum absolute atomic E-state index is 0.0859. The first-order valence-corrected chi connectivity index (χ1v) is 7.88. The molecule has 2 amide bonds. The van der Waals surface area contributed by atoms with Crippen LogP contribution in [-0.4, -0.2) is 37.2 Å². The van der Waals surface area contributed by atoms with Gasteiger partial charge in [-0.3, -0.25) is 0 Å². The second kappa shape index (κ2) is 5.92. The predicted octanol–water partition coefficient (Wildman–Crippen LogP) is 2.63. The summed E-state index contributed by atoms with van der Waals surface area (Å²) < 4.78 is 5.33. The van der Waals surface area contributed by atoms with Gasteiger partial charge in [0.05, 0.1) is 12.6 Å². The zero-order chi connectivity index (χ0) is 13.1. The third kappa shape index (κ3) is 2.92. The molecule has 0 bridgehead atoms. The minimum Gasteiger partial charge on any atom is -0.381 e. The van der Waals surface area contributed by atoms with Crippen molar-refractivity contribution in [3.63, 3.8) is 0 Å². The van der Waals surface area contributed by atoms with E-state index < -0.39 is 0 Å².